The minimum absolute atomic E-state index is 0.162. The maximum Gasteiger partial charge on any atom is 0.307 e. The van der Waals surface area contributed by atoms with Crippen LogP contribution in [-0.4, -0.2) is 48.7 Å². The van der Waals surface area contributed by atoms with Crippen molar-refractivity contribution in [3.05, 3.63) is 30.3 Å². The monoisotopic (exact) mass is 288 g/mol. The third-order valence-corrected chi connectivity index (χ3v) is 4.78. The van der Waals surface area contributed by atoms with Crippen molar-refractivity contribution in [2.24, 2.45) is 11.8 Å². The fraction of sp³-hybridized carbons (Fsp3) is 0.588. The van der Waals surface area contributed by atoms with E-state index in [1.807, 2.05) is 0 Å². The van der Waals surface area contributed by atoms with Crippen LogP contribution >= 0.6 is 0 Å². The van der Waals surface area contributed by atoms with Gasteiger partial charge < -0.3 is 14.9 Å². The van der Waals surface area contributed by atoms with Gasteiger partial charge in [0.2, 0.25) is 0 Å². The van der Waals surface area contributed by atoms with Crippen LogP contribution in [0.2, 0.25) is 0 Å². The van der Waals surface area contributed by atoms with E-state index in [4.69, 9.17) is 0 Å². The smallest absolute Gasteiger partial charge is 0.307 e. The lowest BCUT2D eigenvalue weighted by molar-refractivity contribution is -0.143. The van der Waals surface area contributed by atoms with E-state index in [-0.39, 0.29) is 5.92 Å². The van der Waals surface area contributed by atoms with E-state index < -0.39 is 5.97 Å². The van der Waals surface area contributed by atoms with Crippen LogP contribution < -0.4 is 4.90 Å². The Morgan fingerprint density at radius 2 is 1.95 bits per heavy atom. The van der Waals surface area contributed by atoms with E-state index in [1.165, 1.54) is 12.1 Å². The van der Waals surface area contributed by atoms with Crippen molar-refractivity contribution >= 4 is 11.7 Å². The van der Waals surface area contributed by atoms with Gasteiger partial charge in [-0.1, -0.05) is 18.2 Å². The van der Waals surface area contributed by atoms with Gasteiger partial charge in [-0.15, -0.1) is 0 Å². The number of piperidine rings is 1. The highest BCUT2D eigenvalue weighted by atomic mass is 16.4. The molecular formula is C17H24N2O2. The Balaban J connectivity index is 1.52. The molecule has 114 valence electrons. The molecule has 0 radical (unpaired) electrons. The van der Waals surface area contributed by atoms with Gasteiger partial charge in [0, 0.05) is 31.9 Å². The molecule has 0 spiro atoms. The van der Waals surface area contributed by atoms with E-state index in [1.54, 1.807) is 0 Å². The van der Waals surface area contributed by atoms with Gasteiger partial charge in [-0.2, -0.15) is 0 Å². The van der Waals surface area contributed by atoms with Gasteiger partial charge in [-0.25, -0.2) is 0 Å². The second kappa shape index (κ2) is 6.48. The number of benzene rings is 1. The minimum Gasteiger partial charge on any atom is -0.481 e. The molecule has 1 N–H and O–H groups in total. The number of para-hydroxylation sites is 1. The van der Waals surface area contributed by atoms with Crippen LogP contribution in [0.5, 0.6) is 0 Å². The maximum atomic E-state index is 11.1. The van der Waals surface area contributed by atoms with Crippen molar-refractivity contribution in [3.8, 4) is 0 Å². The summed E-state index contributed by atoms with van der Waals surface area (Å²) in [6.07, 6.45) is 3.07. The lowest BCUT2D eigenvalue weighted by Gasteiger charge is -2.32. The summed E-state index contributed by atoms with van der Waals surface area (Å²) in [4.78, 5) is 15.9. The third-order valence-electron chi connectivity index (χ3n) is 4.78. The lowest BCUT2D eigenvalue weighted by Crippen LogP contribution is -2.41. The predicted octanol–water partition coefficient (Wildman–Crippen LogP) is 2.31. The molecule has 1 aromatic carbocycles. The van der Waals surface area contributed by atoms with Crippen molar-refractivity contribution in [1.82, 2.24) is 4.90 Å². The van der Waals surface area contributed by atoms with Gasteiger partial charge in [-0.05, 0) is 43.9 Å². The summed E-state index contributed by atoms with van der Waals surface area (Å²) in [6, 6.07) is 10.6. The molecule has 2 heterocycles. The van der Waals surface area contributed by atoms with E-state index in [0.717, 1.165) is 45.6 Å². The second-order valence-electron chi connectivity index (χ2n) is 6.37. The zero-order chi connectivity index (χ0) is 14.7. The molecule has 2 fully saturated rings. The molecule has 0 aromatic heterocycles. The molecule has 21 heavy (non-hydrogen) atoms. The fourth-order valence-corrected chi connectivity index (χ4v) is 3.64. The first-order valence-electron chi connectivity index (χ1n) is 7.97. The van der Waals surface area contributed by atoms with Crippen LogP contribution in [-0.2, 0) is 4.79 Å². The Morgan fingerprint density at radius 3 is 2.71 bits per heavy atom. The van der Waals surface area contributed by atoms with Crippen LogP contribution in [0.15, 0.2) is 30.3 Å². The van der Waals surface area contributed by atoms with Crippen LogP contribution in [0, 0.1) is 11.8 Å². The molecule has 1 unspecified atom stereocenters. The summed E-state index contributed by atoms with van der Waals surface area (Å²) in [5.41, 5.74) is 1.31. The van der Waals surface area contributed by atoms with Crippen molar-refractivity contribution in [2.45, 2.75) is 19.3 Å². The van der Waals surface area contributed by atoms with Crippen LogP contribution in [0.1, 0.15) is 19.3 Å². The number of hydrogen-bond acceptors (Lipinski definition) is 3. The molecular weight excluding hydrogens is 264 g/mol. The Hall–Kier alpha value is -1.55. The molecule has 1 aromatic rings. The number of anilines is 1. The molecule has 2 atom stereocenters. The molecule has 2 aliphatic heterocycles. The number of carboxylic acids is 1. The Labute approximate surface area is 126 Å². The van der Waals surface area contributed by atoms with E-state index in [0.29, 0.717) is 5.92 Å². The molecule has 0 aliphatic carbocycles. The van der Waals surface area contributed by atoms with Crippen molar-refractivity contribution in [2.75, 3.05) is 37.6 Å². The highest BCUT2D eigenvalue weighted by Crippen LogP contribution is 2.25. The van der Waals surface area contributed by atoms with E-state index in [2.05, 4.69) is 40.1 Å². The molecule has 0 bridgehead atoms. The van der Waals surface area contributed by atoms with Crippen molar-refractivity contribution in [1.29, 1.82) is 0 Å². The van der Waals surface area contributed by atoms with Gasteiger partial charge in [-0.3, -0.25) is 4.79 Å². The Kier molecular flexibility index (Phi) is 4.44. The van der Waals surface area contributed by atoms with Crippen molar-refractivity contribution in [3.63, 3.8) is 0 Å². The SMILES string of the molecule is O=C(O)[C@@H]1CCCN(CC2CCN(c3ccccc3)C2)C1. The number of carbonyl (C=O) groups is 1. The molecule has 3 rings (SSSR count). The molecule has 4 heteroatoms. The largest absolute Gasteiger partial charge is 0.481 e. The molecule has 2 saturated heterocycles. The normalized spacial score (nSPS) is 27.0. The number of carboxylic acid groups (broad SMARTS) is 1. The number of aliphatic carboxylic acids is 1. The minimum atomic E-state index is -0.628. The topological polar surface area (TPSA) is 43.8 Å². The molecule has 2 aliphatic rings. The second-order valence-corrected chi connectivity index (χ2v) is 6.37. The molecule has 4 nitrogen and oxygen atoms in total. The highest BCUT2D eigenvalue weighted by molar-refractivity contribution is 5.70. The van der Waals surface area contributed by atoms with Gasteiger partial charge >= 0.3 is 5.97 Å². The summed E-state index contributed by atoms with van der Waals surface area (Å²) in [5, 5.41) is 9.17. The van der Waals surface area contributed by atoms with E-state index in [9.17, 15) is 9.90 Å². The van der Waals surface area contributed by atoms with Crippen molar-refractivity contribution < 1.29 is 9.90 Å². The fourth-order valence-electron chi connectivity index (χ4n) is 3.64. The summed E-state index contributed by atoms with van der Waals surface area (Å²) < 4.78 is 0. The number of nitrogens with zero attached hydrogens (tertiary/aromatic N) is 2. The quantitative estimate of drug-likeness (QED) is 0.923. The highest BCUT2D eigenvalue weighted by Gasteiger charge is 2.29. The third kappa shape index (κ3) is 3.56. The van der Waals surface area contributed by atoms with Gasteiger partial charge in [0.25, 0.3) is 0 Å². The van der Waals surface area contributed by atoms with Crippen LogP contribution in [0.4, 0.5) is 5.69 Å². The predicted molar refractivity (Wildman–Crippen MR) is 83.6 cm³/mol. The summed E-state index contributed by atoms with van der Waals surface area (Å²) in [7, 11) is 0. The number of rotatable bonds is 4. The molecule has 0 amide bonds. The van der Waals surface area contributed by atoms with Crippen LogP contribution in [0.25, 0.3) is 0 Å². The standard InChI is InChI=1S/C17H24N2O2/c20-17(21)15-5-4-9-18(13-15)11-14-8-10-19(12-14)16-6-2-1-3-7-16/h1-3,6-7,14-15H,4-5,8-13H2,(H,20,21)/t14?,15-/m1/s1. The molecule has 0 saturated carbocycles. The average molecular weight is 288 g/mol. The zero-order valence-corrected chi connectivity index (χ0v) is 12.4. The van der Waals surface area contributed by atoms with Crippen LogP contribution in [0.3, 0.4) is 0 Å². The lowest BCUT2D eigenvalue weighted by atomic mass is 9.97. The van der Waals surface area contributed by atoms with Gasteiger partial charge in [0.15, 0.2) is 0 Å². The first-order valence-corrected chi connectivity index (χ1v) is 7.97. The Morgan fingerprint density at radius 1 is 1.14 bits per heavy atom. The maximum absolute atomic E-state index is 11.1. The average Bonchev–Trinajstić information content (AvgIpc) is 2.97. The van der Waals surface area contributed by atoms with Gasteiger partial charge in [0.05, 0.1) is 5.92 Å². The number of hydrogen-bond donors (Lipinski definition) is 1. The number of likely N-dealkylation sites (tertiary alicyclic amines) is 1. The first-order chi connectivity index (χ1) is 10.2. The van der Waals surface area contributed by atoms with E-state index >= 15 is 0 Å². The first kappa shape index (κ1) is 14.4. The summed E-state index contributed by atoms with van der Waals surface area (Å²) in [5.74, 6) is -0.125. The summed E-state index contributed by atoms with van der Waals surface area (Å²) in [6.45, 7) is 5.05. The zero-order valence-electron chi connectivity index (χ0n) is 12.4. The summed E-state index contributed by atoms with van der Waals surface area (Å²) >= 11 is 0. The Bertz CT molecular complexity index is 477. The van der Waals surface area contributed by atoms with Gasteiger partial charge in [0.1, 0.15) is 0 Å².